The van der Waals surface area contributed by atoms with Crippen molar-refractivity contribution in [3.63, 3.8) is 0 Å². The van der Waals surface area contributed by atoms with Gasteiger partial charge in [0.25, 0.3) is 0 Å². The highest BCUT2D eigenvalue weighted by Gasteiger charge is 2.14. The van der Waals surface area contributed by atoms with E-state index in [1.165, 1.54) is 18.3 Å². The first-order valence-corrected chi connectivity index (χ1v) is 6.16. The largest absolute Gasteiger partial charge is 0.478 e. The SMILES string of the molecule is O=C(Cc1ncccc1C(=O)O)Nc1ccc(Cl)cc1. The number of carboxylic acids is 1. The van der Waals surface area contributed by atoms with Crippen molar-refractivity contribution in [1.29, 1.82) is 0 Å². The average Bonchev–Trinajstić information content (AvgIpc) is 2.41. The summed E-state index contributed by atoms with van der Waals surface area (Å²) in [7, 11) is 0. The highest BCUT2D eigenvalue weighted by atomic mass is 35.5. The molecule has 0 aliphatic carbocycles. The Hall–Kier alpha value is -2.40. The van der Waals surface area contributed by atoms with E-state index in [0.29, 0.717) is 10.7 Å². The first kappa shape index (κ1) is 14.0. The van der Waals surface area contributed by atoms with Gasteiger partial charge in [-0.25, -0.2) is 4.79 Å². The monoisotopic (exact) mass is 290 g/mol. The molecule has 102 valence electrons. The number of aromatic nitrogens is 1. The number of pyridine rings is 1. The lowest BCUT2D eigenvalue weighted by atomic mass is 10.1. The van der Waals surface area contributed by atoms with Crippen LogP contribution >= 0.6 is 11.6 Å². The second kappa shape index (κ2) is 6.16. The van der Waals surface area contributed by atoms with Gasteiger partial charge in [0.15, 0.2) is 0 Å². The Morgan fingerprint density at radius 3 is 2.55 bits per heavy atom. The average molecular weight is 291 g/mol. The number of hydrogen-bond donors (Lipinski definition) is 2. The number of hydrogen-bond acceptors (Lipinski definition) is 3. The van der Waals surface area contributed by atoms with Crippen molar-refractivity contribution in [1.82, 2.24) is 4.98 Å². The van der Waals surface area contributed by atoms with E-state index in [4.69, 9.17) is 16.7 Å². The van der Waals surface area contributed by atoms with Crippen LogP contribution < -0.4 is 5.32 Å². The number of nitrogens with one attached hydrogen (secondary N) is 1. The molecule has 0 fully saturated rings. The van der Waals surface area contributed by atoms with Gasteiger partial charge in [-0.05, 0) is 36.4 Å². The molecule has 1 aromatic heterocycles. The van der Waals surface area contributed by atoms with Crippen molar-refractivity contribution in [2.45, 2.75) is 6.42 Å². The lowest BCUT2D eigenvalue weighted by Crippen LogP contribution is -2.17. The normalized spacial score (nSPS) is 10.1. The Labute approximate surface area is 120 Å². The maximum Gasteiger partial charge on any atom is 0.337 e. The number of rotatable bonds is 4. The fraction of sp³-hybridized carbons (Fsp3) is 0.0714. The Morgan fingerprint density at radius 2 is 1.90 bits per heavy atom. The summed E-state index contributed by atoms with van der Waals surface area (Å²) in [6.45, 7) is 0. The van der Waals surface area contributed by atoms with Gasteiger partial charge in [-0.3, -0.25) is 9.78 Å². The molecule has 5 nitrogen and oxygen atoms in total. The van der Waals surface area contributed by atoms with Crippen LogP contribution in [0.4, 0.5) is 5.69 Å². The van der Waals surface area contributed by atoms with Gasteiger partial charge in [0.05, 0.1) is 17.7 Å². The summed E-state index contributed by atoms with van der Waals surface area (Å²) < 4.78 is 0. The Bertz CT molecular complexity index is 641. The van der Waals surface area contributed by atoms with Crippen molar-refractivity contribution in [3.05, 3.63) is 58.9 Å². The van der Waals surface area contributed by atoms with Crippen LogP contribution in [0.3, 0.4) is 0 Å². The van der Waals surface area contributed by atoms with Gasteiger partial charge in [-0.1, -0.05) is 11.6 Å². The molecule has 0 radical (unpaired) electrons. The number of halogens is 1. The number of nitrogens with zero attached hydrogens (tertiary/aromatic N) is 1. The molecule has 0 spiro atoms. The first-order valence-electron chi connectivity index (χ1n) is 5.79. The summed E-state index contributed by atoms with van der Waals surface area (Å²) in [5, 5.41) is 12.2. The number of aromatic carboxylic acids is 1. The lowest BCUT2D eigenvalue weighted by Gasteiger charge is -2.06. The number of carbonyl (C=O) groups excluding carboxylic acids is 1. The number of anilines is 1. The fourth-order valence-electron chi connectivity index (χ4n) is 1.66. The highest BCUT2D eigenvalue weighted by molar-refractivity contribution is 6.30. The summed E-state index contributed by atoms with van der Waals surface area (Å²) in [6.07, 6.45) is 1.35. The summed E-state index contributed by atoms with van der Waals surface area (Å²) in [6, 6.07) is 9.57. The summed E-state index contributed by atoms with van der Waals surface area (Å²) in [5.41, 5.74) is 0.845. The van der Waals surface area contributed by atoms with E-state index < -0.39 is 5.97 Å². The number of amides is 1. The zero-order valence-corrected chi connectivity index (χ0v) is 11.1. The molecule has 1 amide bonds. The predicted octanol–water partition coefficient (Wildman–Crippen LogP) is 2.61. The van der Waals surface area contributed by atoms with Crippen LogP contribution in [0.1, 0.15) is 16.1 Å². The van der Waals surface area contributed by atoms with Crippen LogP contribution in [0.25, 0.3) is 0 Å². The summed E-state index contributed by atoms with van der Waals surface area (Å²) in [5.74, 6) is -1.44. The van der Waals surface area contributed by atoms with E-state index in [-0.39, 0.29) is 23.6 Å². The predicted molar refractivity (Wildman–Crippen MR) is 75.0 cm³/mol. The van der Waals surface area contributed by atoms with E-state index >= 15 is 0 Å². The second-order valence-corrected chi connectivity index (χ2v) is 4.47. The fourth-order valence-corrected chi connectivity index (χ4v) is 1.79. The quantitative estimate of drug-likeness (QED) is 0.907. The number of carboxylic acid groups (broad SMARTS) is 1. The minimum Gasteiger partial charge on any atom is -0.478 e. The minimum atomic E-state index is -1.10. The van der Waals surface area contributed by atoms with Crippen LogP contribution in [0.15, 0.2) is 42.6 Å². The standard InChI is InChI=1S/C14H11ClN2O3/c15-9-3-5-10(6-4-9)17-13(18)8-12-11(14(19)20)2-1-7-16-12/h1-7H,8H2,(H,17,18)(H,19,20). The van der Waals surface area contributed by atoms with E-state index in [1.807, 2.05) is 0 Å². The molecule has 0 aliphatic heterocycles. The van der Waals surface area contributed by atoms with Crippen molar-refractivity contribution in [2.24, 2.45) is 0 Å². The molecule has 0 saturated heterocycles. The van der Waals surface area contributed by atoms with Crippen LogP contribution in [0.2, 0.25) is 5.02 Å². The van der Waals surface area contributed by atoms with E-state index in [2.05, 4.69) is 10.3 Å². The molecule has 20 heavy (non-hydrogen) atoms. The van der Waals surface area contributed by atoms with E-state index in [0.717, 1.165) is 0 Å². The zero-order valence-electron chi connectivity index (χ0n) is 10.3. The van der Waals surface area contributed by atoms with Crippen molar-refractivity contribution >= 4 is 29.2 Å². The molecule has 0 atom stereocenters. The van der Waals surface area contributed by atoms with E-state index in [9.17, 15) is 9.59 Å². The van der Waals surface area contributed by atoms with Gasteiger partial charge < -0.3 is 10.4 Å². The molecule has 6 heteroatoms. The maximum atomic E-state index is 11.9. The van der Waals surface area contributed by atoms with Crippen molar-refractivity contribution in [2.75, 3.05) is 5.32 Å². The van der Waals surface area contributed by atoms with Crippen molar-refractivity contribution in [3.8, 4) is 0 Å². The van der Waals surface area contributed by atoms with Gasteiger partial charge >= 0.3 is 5.97 Å². The minimum absolute atomic E-state index is 0.0266. The molecule has 0 aliphatic rings. The van der Waals surface area contributed by atoms with Crippen molar-refractivity contribution < 1.29 is 14.7 Å². The molecule has 1 heterocycles. The topological polar surface area (TPSA) is 79.3 Å². The molecule has 2 rings (SSSR count). The highest BCUT2D eigenvalue weighted by Crippen LogP contribution is 2.14. The van der Waals surface area contributed by atoms with Crippen LogP contribution in [-0.2, 0) is 11.2 Å². The second-order valence-electron chi connectivity index (χ2n) is 4.03. The molecule has 1 aromatic carbocycles. The van der Waals surface area contributed by atoms with Gasteiger partial charge in [0, 0.05) is 16.9 Å². The molecule has 0 bridgehead atoms. The van der Waals surface area contributed by atoms with Crippen LogP contribution in [-0.4, -0.2) is 22.0 Å². The third kappa shape index (κ3) is 3.55. The first-order chi connectivity index (χ1) is 9.56. The maximum absolute atomic E-state index is 11.9. The van der Waals surface area contributed by atoms with Gasteiger partial charge in [0.2, 0.25) is 5.91 Å². The summed E-state index contributed by atoms with van der Waals surface area (Å²) in [4.78, 5) is 26.8. The zero-order chi connectivity index (χ0) is 14.5. The molecular weight excluding hydrogens is 280 g/mol. The lowest BCUT2D eigenvalue weighted by molar-refractivity contribution is -0.115. The number of benzene rings is 1. The molecule has 0 unspecified atom stereocenters. The van der Waals surface area contributed by atoms with Crippen LogP contribution in [0, 0.1) is 0 Å². The Kier molecular flexibility index (Phi) is 4.32. The van der Waals surface area contributed by atoms with Crippen LogP contribution in [0.5, 0.6) is 0 Å². The third-order valence-electron chi connectivity index (χ3n) is 2.58. The smallest absolute Gasteiger partial charge is 0.337 e. The van der Waals surface area contributed by atoms with Gasteiger partial charge in [-0.2, -0.15) is 0 Å². The van der Waals surface area contributed by atoms with Gasteiger partial charge in [0.1, 0.15) is 0 Å². The molecular formula is C14H11ClN2O3. The summed E-state index contributed by atoms with van der Waals surface area (Å²) >= 11 is 5.75. The Morgan fingerprint density at radius 1 is 1.20 bits per heavy atom. The Balaban J connectivity index is 2.08. The molecule has 2 aromatic rings. The molecule has 2 N–H and O–H groups in total. The third-order valence-corrected chi connectivity index (χ3v) is 2.83. The molecule has 0 saturated carbocycles. The van der Waals surface area contributed by atoms with E-state index in [1.54, 1.807) is 24.3 Å². The van der Waals surface area contributed by atoms with Gasteiger partial charge in [-0.15, -0.1) is 0 Å². The number of carbonyl (C=O) groups is 2.